The maximum Gasteiger partial charge on any atom is 0.0210 e. The maximum absolute atomic E-state index is 2.60. The molecular formula is C91H74. The van der Waals surface area contributed by atoms with Crippen LogP contribution in [0.2, 0.25) is 0 Å². The largest absolute Gasteiger partial charge is 0.0642 e. The number of fused-ring (bicyclic) bond motifs is 13. The monoisotopic (exact) mass is 1170 g/mol. The van der Waals surface area contributed by atoms with Gasteiger partial charge in [0.15, 0.2) is 0 Å². The Morgan fingerprint density at radius 3 is 0.549 bits per heavy atom. The summed E-state index contributed by atoms with van der Waals surface area (Å²) in [6.07, 6.45) is 6.14. The van der Waals surface area contributed by atoms with Crippen molar-refractivity contribution in [3.63, 3.8) is 0 Å². The standard InChI is InChI=1S/C91H74/c1-7-89(8-2)79-51-59(57-27-15-13-16-28-57)39-45-65(79)67-47-41-61(53-81(67)89)85-71-31-19-23-35-75(71)87(76-36-24-20-32-72(76)85)63-43-49-69-70-50-44-64(56-84(70)91(11-5,12-6)83(69)55-63)88-77-37-25-21-33-73(77)86(74-34-22-26-38-78(74)88)62-42-48-68-66-46-40-60(58-29-17-14-18-30-58)52-80(66)90(9-3,10-4)82(68)54-62/h13-56H,7-12H2,1-6H3. The van der Waals surface area contributed by atoms with E-state index in [0.29, 0.717) is 0 Å². The second-order valence-electron chi connectivity index (χ2n) is 26.3. The van der Waals surface area contributed by atoms with E-state index in [1.165, 1.54) is 177 Å². The third-order valence-electron chi connectivity index (χ3n) is 22.9. The molecule has 3 aliphatic rings. The SMILES string of the molecule is CCC1(CC)c2cc(-c3ccccc3)ccc2-c2ccc(-c3c4ccccc4c(-c4ccc5c(c4)C(CC)(CC)c4cc(-c6c7ccccc7c(-c7ccc8c(c7)C(CC)(CC)c7cc(-c9ccccc9)ccc7-8)c7ccccc67)ccc4-5)c4ccccc34)cc21. The fourth-order valence-electron chi connectivity index (χ4n) is 18.3. The lowest BCUT2D eigenvalue weighted by Gasteiger charge is -2.31. The summed E-state index contributed by atoms with van der Waals surface area (Å²) in [5.74, 6) is 0. The van der Waals surface area contributed by atoms with Gasteiger partial charge in [-0.3, -0.25) is 0 Å². The Labute approximate surface area is 536 Å². The highest BCUT2D eigenvalue weighted by atomic mass is 14.5. The minimum atomic E-state index is -0.183. The molecule has 91 heavy (non-hydrogen) atoms. The fraction of sp³-hybridized carbons (Fsp3) is 0.165. The Balaban J connectivity index is 0.778. The van der Waals surface area contributed by atoms with Crippen LogP contribution >= 0.6 is 0 Å². The second kappa shape index (κ2) is 21.1. The van der Waals surface area contributed by atoms with Crippen molar-refractivity contribution in [1.82, 2.24) is 0 Å². The molecule has 0 aromatic heterocycles. The third kappa shape index (κ3) is 7.82. The lowest BCUT2D eigenvalue weighted by Crippen LogP contribution is -2.23. The van der Waals surface area contributed by atoms with Gasteiger partial charge in [0.25, 0.3) is 0 Å². The van der Waals surface area contributed by atoms with Gasteiger partial charge in [-0.05, 0) is 252 Å². The van der Waals surface area contributed by atoms with Gasteiger partial charge in [-0.25, -0.2) is 0 Å². The highest BCUT2D eigenvalue weighted by molar-refractivity contribution is 6.23. The van der Waals surface area contributed by atoms with Gasteiger partial charge in [0.05, 0.1) is 0 Å². The topological polar surface area (TPSA) is 0 Å². The quantitative estimate of drug-likeness (QED) is 0.107. The van der Waals surface area contributed by atoms with Crippen LogP contribution in [0.3, 0.4) is 0 Å². The summed E-state index contributed by atoms with van der Waals surface area (Å²) in [5, 5.41) is 10.3. The molecule has 3 aliphatic carbocycles. The number of hydrogen-bond donors (Lipinski definition) is 0. The molecule has 0 aliphatic heterocycles. The Bertz CT molecular complexity index is 4850. The van der Waals surface area contributed by atoms with Crippen LogP contribution in [0.15, 0.2) is 267 Å². The van der Waals surface area contributed by atoms with Gasteiger partial charge in [-0.15, -0.1) is 0 Å². The first-order valence-electron chi connectivity index (χ1n) is 33.7. The first kappa shape index (κ1) is 55.2. The van der Waals surface area contributed by atoms with E-state index in [1.807, 2.05) is 0 Å². The van der Waals surface area contributed by atoms with E-state index in [2.05, 4.69) is 308 Å². The van der Waals surface area contributed by atoms with Crippen LogP contribution in [0.25, 0.3) is 143 Å². The lowest BCUT2D eigenvalue weighted by atomic mass is 9.72. The Kier molecular flexibility index (Phi) is 12.8. The van der Waals surface area contributed by atoms with E-state index >= 15 is 0 Å². The van der Waals surface area contributed by atoms with E-state index in [-0.39, 0.29) is 16.2 Å². The predicted octanol–water partition coefficient (Wildman–Crippen LogP) is 25.6. The fourth-order valence-corrected chi connectivity index (χ4v) is 18.3. The molecule has 438 valence electrons. The number of benzene rings is 14. The van der Waals surface area contributed by atoms with Crippen molar-refractivity contribution in [2.45, 2.75) is 96.3 Å². The van der Waals surface area contributed by atoms with Crippen molar-refractivity contribution < 1.29 is 0 Å². The highest BCUT2D eigenvalue weighted by Crippen LogP contribution is 2.60. The molecule has 0 amide bonds. The molecule has 0 radical (unpaired) electrons. The van der Waals surface area contributed by atoms with Crippen molar-refractivity contribution >= 4 is 43.1 Å². The molecule has 0 saturated heterocycles. The normalized spacial score (nSPS) is 14.4. The van der Waals surface area contributed by atoms with Crippen LogP contribution in [0.4, 0.5) is 0 Å². The third-order valence-corrected chi connectivity index (χ3v) is 22.9. The number of hydrogen-bond acceptors (Lipinski definition) is 0. The summed E-state index contributed by atoms with van der Waals surface area (Å²) in [5.41, 5.74) is 32.1. The molecule has 0 saturated carbocycles. The van der Waals surface area contributed by atoms with Crippen LogP contribution in [0, 0.1) is 0 Å². The Hall–Kier alpha value is -9.88. The van der Waals surface area contributed by atoms with Crippen molar-refractivity contribution in [2.24, 2.45) is 0 Å². The Morgan fingerprint density at radius 1 is 0.176 bits per heavy atom. The molecule has 0 atom stereocenters. The van der Waals surface area contributed by atoms with Gasteiger partial charge >= 0.3 is 0 Å². The van der Waals surface area contributed by atoms with E-state index in [4.69, 9.17) is 0 Å². The van der Waals surface area contributed by atoms with Gasteiger partial charge in [0.1, 0.15) is 0 Å². The molecule has 0 bridgehead atoms. The molecule has 0 spiro atoms. The zero-order chi connectivity index (χ0) is 61.3. The van der Waals surface area contributed by atoms with Crippen molar-refractivity contribution in [3.8, 4) is 100 Å². The first-order valence-corrected chi connectivity index (χ1v) is 33.7. The van der Waals surface area contributed by atoms with E-state index in [1.54, 1.807) is 0 Å². The van der Waals surface area contributed by atoms with E-state index in [9.17, 15) is 0 Å². The minimum Gasteiger partial charge on any atom is -0.0642 e. The van der Waals surface area contributed by atoms with Crippen LogP contribution in [0.5, 0.6) is 0 Å². The average molecular weight is 1170 g/mol. The Morgan fingerprint density at radius 2 is 0.352 bits per heavy atom. The van der Waals surface area contributed by atoms with Gasteiger partial charge in [0, 0.05) is 16.2 Å². The van der Waals surface area contributed by atoms with Crippen LogP contribution in [0.1, 0.15) is 113 Å². The zero-order valence-electron chi connectivity index (χ0n) is 53.1. The van der Waals surface area contributed by atoms with E-state index in [0.717, 1.165) is 38.5 Å². The minimum absolute atomic E-state index is 0.0827. The van der Waals surface area contributed by atoms with Gasteiger partial charge in [-0.2, -0.15) is 0 Å². The molecule has 0 fully saturated rings. The average Bonchev–Trinajstić information content (AvgIpc) is 1.67. The van der Waals surface area contributed by atoms with Crippen LogP contribution < -0.4 is 0 Å². The second-order valence-corrected chi connectivity index (χ2v) is 26.3. The van der Waals surface area contributed by atoms with Crippen molar-refractivity contribution in [2.75, 3.05) is 0 Å². The summed E-state index contributed by atoms with van der Waals surface area (Å²) in [6.45, 7) is 14.4. The zero-order valence-corrected chi connectivity index (χ0v) is 53.1. The molecule has 0 unspecified atom stereocenters. The van der Waals surface area contributed by atoms with Gasteiger partial charge < -0.3 is 0 Å². The summed E-state index contributed by atoms with van der Waals surface area (Å²) >= 11 is 0. The predicted molar refractivity (Wildman–Crippen MR) is 389 cm³/mol. The smallest absolute Gasteiger partial charge is 0.0210 e. The molecule has 0 heterocycles. The molecule has 17 rings (SSSR count). The summed E-state index contributed by atoms with van der Waals surface area (Å²) in [7, 11) is 0. The summed E-state index contributed by atoms with van der Waals surface area (Å²) in [6, 6.07) is 103. The van der Waals surface area contributed by atoms with Gasteiger partial charge in [-0.1, -0.05) is 272 Å². The molecular weight excluding hydrogens is 1090 g/mol. The first-order chi connectivity index (χ1) is 44.8. The molecule has 0 nitrogen and oxygen atoms in total. The summed E-state index contributed by atoms with van der Waals surface area (Å²) in [4.78, 5) is 0. The molecule has 0 N–H and O–H groups in total. The van der Waals surface area contributed by atoms with Crippen molar-refractivity contribution in [3.05, 3.63) is 300 Å². The van der Waals surface area contributed by atoms with Crippen LogP contribution in [-0.2, 0) is 16.2 Å². The molecule has 0 heteroatoms. The summed E-state index contributed by atoms with van der Waals surface area (Å²) < 4.78 is 0. The van der Waals surface area contributed by atoms with Gasteiger partial charge in [0.2, 0.25) is 0 Å². The van der Waals surface area contributed by atoms with E-state index < -0.39 is 0 Å². The highest BCUT2D eigenvalue weighted by Gasteiger charge is 2.44. The lowest BCUT2D eigenvalue weighted by molar-refractivity contribution is 0.491. The molecule has 14 aromatic carbocycles. The number of rotatable bonds is 12. The van der Waals surface area contributed by atoms with Crippen LogP contribution in [-0.4, -0.2) is 0 Å². The molecule has 14 aromatic rings. The maximum atomic E-state index is 2.60. The van der Waals surface area contributed by atoms with Crippen molar-refractivity contribution in [1.29, 1.82) is 0 Å².